The van der Waals surface area contributed by atoms with Gasteiger partial charge in [0.25, 0.3) is 0 Å². The summed E-state index contributed by atoms with van der Waals surface area (Å²) in [5.74, 6) is -2.12. The van der Waals surface area contributed by atoms with Gasteiger partial charge in [0.05, 0.1) is 18.8 Å². The largest absolute Gasteiger partial charge is 0.447 e. The number of anilines is 1. The molecule has 2 N–H and O–H groups in total. The van der Waals surface area contributed by atoms with E-state index in [1.165, 1.54) is 5.01 Å². The molecule has 0 unspecified atom stereocenters. The number of carbonyl (C=O) groups excluding carboxylic acids is 2. The van der Waals surface area contributed by atoms with Gasteiger partial charge in [0.15, 0.2) is 0 Å². The van der Waals surface area contributed by atoms with Crippen LogP contribution in [0.5, 0.6) is 0 Å². The molecule has 0 spiro atoms. The standard InChI is InChI=1S/C11H11F2N3O3/c12-7-1-2-9(8(13)5-7)14-10(17)6-16-3-4-19-11(18)15-16/h1-2,5H,3-4,6H2,(H,14,17)(H,15,18). The van der Waals surface area contributed by atoms with E-state index in [1.807, 2.05) is 0 Å². The number of amides is 2. The second kappa shape index (κ2) is 5.61. The van der Waals surface area contributed by atoms with Gasteiger partial charge in [0.2, 0.25) is 5.91 Å². The van der Waals surface area contributed by atoms with Crippen molar-refractivity contribution in [3.8, 4) is 0 Å². The Bertz CT molecular complexity index is 510. The van der Waals surface area contributed by atoms with Gasteiger partial charge in [-0.3, -0.25) is 10.2 Å². The van der Waals surface area contributed by atoms with Gasteiger partial charge in [-0.2, -0.15) is 0 Å². The van der Waals surface area contributed by atoms with Gasteiger partial charge < -0.3 is 10.1 Å². The number of benzene rings is 1. The number of ether oxygens (including phenoxy) is 1. The molecule has 0 bridgehead atoms. The van der Waals surface area contributed by atoms with E-state index in [2.05, 4.69) is 15.5 Å². The number of carbonyl (C=O) groups is 2. The molecule has 1 heterocycles. The van der Waals surface area contributed by atoms with Gasteiger partial charge in [0.1, 0.15) is 18.2 Å². The highest BCUT2D eigenvalue weighted by atomic mass is 19.1. The molecule has 2 amide bonds. The van der Waals surface area contributed by atoms with Crippen LogP contribution in [0.15, 0.2) is 18.2 Å². The van der Waals surface area contributed by atoms with E-state index >= 15 is 0 Å². The van der Waals surface area contributed by atoms with Crippen molar-refractivity contribution in [3.63, 3.8) is 0 Å². The molecular weight excluding hydrogens is 260 g/mol. The predicted molar refractivity (Wildman–Crippen MR) is 61.0 cm³/mol. The lowest BCUT2D eigenvalue weighted by atomic mass is 10.3. The van der Waals surface area contributed by atoms with E-state index in [9.17, 15) is 18.4 Å². The molecule has 8 heteroatoms. The number of halogens is 2. The van der Waals surface area contributed by atoms with Gasteiger partial charge in [-0.1, -0.05) is 0 Å². The van der Waals surface area contributed by atoms with Crippen molar-refractivity contribution in [2.45, 2.75) is 0 Å². The smallest absolute Gasteiger partial charge is 0.421 e. The summed E-state index contributed by atoms with van der Waals surface area (Å²) in [4.78, 5) is 22.5. The van der Waals surface area contributed by atoms with Gasteiger partial charge in [-0.15, -0.1) is 0 Å². The molecule has 1 aliphatic rings. The SMILES string of the molecule is O=C(CN1CCOC(=O)N1)Nc1ccc(F)cc1F. The summed E-state index contributed by atoms with van der Waals surface area (Å²) in [5, 5.41) is 3.62. The minimum Gasteiger partial charge on any atom is -0.447 e. The summed E-state index contributed by atoms with van der Waals surface area (Å²) in [7, 11) is 0. The zero-order chi connectivity index (χ0) is 13.8. The maximum absolute atomic E-state index is 13.3. The zero-order valence-corrected chi connectivity index (χ0v) is 9.78. The minimum absolute atomic E-state index is 0.119. The average Bonchev–Trinajstić information content (AvgIpc) is 2.33. The Hall–Kier alpha value is -2.22. The fourth-order valence-electron chi connectivity index (χ4n) is 1.54. The molecule has 1 fully saturated rings. The molecule has 1 aromatic carbocycles. The first-order chi connectivity index (χ1) is 9.04. The fraction of sp³-hybridized carbons (Fsp3) is 0.273. The highest BCUT2D eigenvalue weighted by Gasteiger charge is 2.19. The number of hydrogen-bond acceptors (Lipinski definition) is 4. The maximum atomic E-state index is 13.3. The molecule has 0 radical (unpaired) electrons. The number of rotatable bonds is 3. The van der Waals surface area contributed by atoms with Gasteiger partial charge in [0, 0.05) is 6.07 Å². The molecule has 102 valence electrons. The topological polar surface area (TPSA) is 70.7 Å². The summed E-state index contributed by atoms with van der Waals surface area (Å²) in [6, 6.07) is 2.84. The molecule has 1 saturated heterocycles. The molecule has 6 nitrogen and oxygen atoms in total. The van der Waals surface area contributed by atoms with E-state index in [0.29, 0.717) is 12.6 Å². The van der Waals surface area contributed by atoms with Crippen LogP contribution in [-0.2, 0) is 9.53 Å². The zero-order valence-electron chi connectivity index (χ0n) is 9.78. The molecule has 0 aromatic heterocycles. The fourth-order valence-corrected chi connectivity index (χ4v) is 1.54. The van der Waals surface area contributed by atoms with Crippen molar-refractivity contribution in [2.24, 2.45) is 0 Å². The first-order valence-corrected chi connectivity index (χ1v) is 5.48. The van der Waals surface area contributed by atoms with Crippen LogP contribution in [0.1, 0.15) is 0 Å². The van der Waals surface area contributed by atoms with E-state index in [-0.39, 0.29) is 18.8 Å². The summed E-state index contributed by atoms with van der Waals surface area (Å²) in [6.07, 6.45) is -0.646. The highest BCUT2D eigenvalue weighted by Crippen LogP contribution is 2.14. The van der Waals surface area contributed by atoms with Crippen LogP contribution in [-0.4, -0.2) is 36.7 Å². The lowest BCUT2D eigenvalue weighted by Crippen LogP contribution is -2.51. The van der Waals surface area contributed by atoms with Crippen molar-refractivity contribution >= 4 is 17.7 Å². The van der Waals surface area contributed by atoms with Gasteiger partial charge >= 0.3 is 6.09 Å². The molecule has 1 aromatic rings. The Morgan fingerprint density at radius 1 is 1.47 bits per heavy atom. The average molecular weight is 271 g/mol. The van der Waals surface area contributed by atoms with Crippen LogP contribution in [0, 0.1) is 11.6 Å². The van der Waals surface area contributed by atoms with E-state index in [0.717, 1.165) is 12.1 Å². The summed E-state index contributed by atoms with van der Waals surface area (Å²) in [6.45, 7) is 0.348. The number of cyclic esters (lactones) is 1. The number of nitrogens with zero attached hydrogens (tertiary/aromatic N) is 1. The lowest BCUT2D eigenvalue weighted by Gasteiger charge is -2.26. The van der Waals surface area contributed by atoms with E-state index in [1.54, 1.807) is 0 Å². The molecule has 19 heavy (non-hydrogen) atoms. The van der Waals surface area contributed by atoms with Crippen molar-refractivity contribution in [1.82, 2.24) is 10.4 Å². The second-order valence-electron chi connectivity index (χ2n) is 3.84. The first-order valence-electron chi connectivity index (χ1n) is 5.48. The Kier molecular flexibility index (Phi) is 3.91. The van der Waals surface area contributed by atoms with Crippen molar-refractivity contribution < 1.29 is 23.1 Å². The Balaban J connectivity index is 1.92. The first kappa shape index (κ1) is 13.2. The molecule has 1 aliphatic heterocycles. The normalized spacial score (nSPS) is 15.6. The number of nitrogens with one attached hydrogen (secondary N) is 2. The molecule has 0 saturated carbocycles. The predicted octanol–water partition coefficient (Wildman–Crippen LogP) is 0.860. The van der Waals surface area contributed by atoms with Crippen LogP contribution in [0.3, 0.4) is 0 Å². The van der Waals surface area contributed by atoms with Crippen LogP contribution in [0.4, 0.5) is 19.3 Å². The van der Waals surface area contributed by atoms with E-state index in [4.69, 9.17) is 0 Å². The third-order valence-corrected chi connectivity index (χ3v) is 2.38. The van der Waals surface area contributed by atoms with Gasteiger partial charge in [-0.05, 0) is 12.1 Å². The van der Waals surface area contributed by atoms with Crippen LogP contribution >= 0.6 is 0 Å². The molecule has 0 aliphatic carbocycles. The monoisotopic (exact) mass is 271 g/mol. The minimum atomic E-state index is -0.862. The third kappa shape index (κ3) is 3.62. The van der Waals surface area contributed by atoms with Crippen LogP contribution in [0.25, 0.3) is 0 Å². The Morgan fingerprint density at radius 3 is 2.95 bits per heavy atom. The maximum Gasteiger partial charge on any atom is 0.421 e. The highest BCUT2D eigenvalue weighted by molar-refractivity contribution is 5.92. The van der Waals surface area contributed by atoms with Gasteiger partial charge in [-0.25, -0.2) is 18.6 Å². The van der Waals surface area contributed by atoms with Crippen molar-refractivity contribution in [3.05, 3.63) is 29.8 Å². The quantitative estimate of drug-likeness (QED) is 0.855. The molecular formula is C11H11F2N3O3. The molecule has 2 rings (SSSR count). The van der Waals surface area contributed by atoms with E-state index < -0.39 is 23.6 Å². The summed E-state index contributed by atoms with van der Waals surface area (Å²) < 4.78 is 30.6. The van der Waals surface area contributed by atoms with Crippen molar-refractivity contribution in [2.75, 3.05) is 25.0 Å². The molecule has 0 atom stereocenters. The third-order valence-electron chi connectivity index (χ3n) is 2.38. The van der Waals surface area contributed by atoms with Crippen LogP contribution in [0.2, 0.25) is 0 Å². The summed E-state index contributed by atoms with van der Waals surface area (Å²) >= 11 is 0. The number of hydrogen-bond donors (Lipinski definition) is 2. The van der Waals surface area contributed by atoms with Crippen LogP contribution < -0.4 is 10.7 Å². The Labute approximate surface area is 107 Å². The van der Waals surface area contributed by atoms with Crippen molar-refractivity contribution in [1.29, 1.82) is 0 Å². The summed E-state index contributed by atoms with van der Waals surface area (Å²) in [5.41, 5.74) is 2.19. The number of hydrazine groups is 1. The lowest BCUT2D eigenvalue weighted by molar-refractivity contribution is -0.118. The second-order valence-corrected chi connectivity index (χ2v) is 3.84. The Morgan fingerprint density at radius 2 is 2.26 bits per heavy atom.